The van der Waals surface area contributed by atoms with Gasteiger partial charge in [0.1, 0.15) is 0 Å². The van der Waals surface area contributed by atoms with E-state index in [9.17, 15) is 5.11 Å². The van der Waals surface area contributed by atoms with Crippen LogP contribution in [0, 0.1) is 17.8 Å². The molecule has 2 fully saturated rings. The van der Waals surface area contributed by atoms with E-state index in [1.165, 1.54) is 32.4 Å². The number of nitrogens with zero attached hydrogens (tertiary/aromatic N) is 1. The van der Waals surface area contributed by atoms with Crippen molar-refractivity contribution >= 4 is 0 Å². The molecule has 0 radical (unpaired) electrons. The third-order valence-electron chi connectivity index (χ3n) is 4.79. The Labute approximate surface area is 125 Å². The van der Waals surface area contributed by atoms with Crippen LogP contribution < -0.4 is 5.32 Å². The molecule has 3 unspecified atom stereocenters. The average molecular weight is 282 g/mol. The van der Waals surface area contributed by atoms with Crippen molar-refractivity contribution in [3.63, 3.8) is 0 Å². The Kier molecular flexibility index (Phi) is 5.88. The smallest absolute Gasteiger partial charge is 0.0566 e. The summed E-state index contributed by atoms with van der Waals surface area (Å²) in [5, 5.41) is 13.9. The predicted octanol–water partition coefficient (Wildman–Crippen LogP) is 2.49. The van der Waals surface area contributed by atoms with E-state index in [1.807, 2.05) is 0 Å². The molecule has 1 heterocycles. The van der Waals surface area contributed by atoms with Crippen molar-refractivity contribution < 1.29 is 5.11 Å². The van der Waals surface area contributed by atoms with Crippen molar-refractivity contribution in [2.75, 3.05) is 19.6 Å². The Morgan fingerprint density at radius 3 is 2.40 bits per heavy atom. The molecular formula is C17H34N2O. The van der Waals surface area contributed by atoms with Gasteiger partial charge in [0.05, 0.1) is 6.10 Å². The minimum absolute atomic E-state index is 0.134. The number of aliphatic hydroxyl groups excluding tert-OH is 1. The molecule has 2 aliphatic rings. The molecule has 0 aromatic carbocycles. The van der Waals surface area contributed by atoms with Crippen molar-refractivity contribution in [1.82, 2.24) is 10.2 Å². The van der Waals surface area contributed by atoms with Gasteiger partial charge in [-0.15, -0.1) is 0 Å². The van der Waals surface area contributed by atoms with Crippen LogP contribution in [0.1, 0.15) is 53.4 Å². The summed E-state index contributed by atoms with van der Waals surface area (Å²) in [6.45, 7) is 12.3. The normalized spacial score (nSPS) is 30.1. The van der Waals surface area contributed by atoms with E-state index in [1.54, 1.807) is 0 Å². The average Bonchev–Trinajstić information content (AvgIpc) is 3.20. The number of nitrogens with one attached hydrogen (secondary N) is 1. The van der Waals surface area contributed by atoms with E-state index >= 15 is 0 Å². The minimum Gasteiger partial charge on any atom is -0.393 e. The summed E-state index contributed by atoms with van der Waals surface area (Å²) >= 11 is 0. The van der Waals surface area contributed by atoms with Gasteiger partial charge in [-0.2, -0.15) is 0 Å². The van der Waals surface area contributed by atoms with Crippen LogP contribution in [0.5, 0.6) is 0 Å². The summed E-state index contributed by atoms with van der Waals surface area (Å²) in [4.78, 5) is 2.68. The van der Waals surface area contributed by atoms with Gasteiger partial charge >= 0.3 is 0 Å². The SMILES string of the molecule is CC(C)CNC1CC(CC(O)C(C)C)CN(C2CC2)C1. The first-order valence-corrected chi connectivity index (χ1v) is 8.61. The molecule has 20 heavy (non-hydrogen) atoms. The quantitative estimate of drug-likeness (QED) is 0.753. The maximum atomic E-state index is 10.2. The maximum absolute atomic E-state index is 10.2. The molecule has 3 atom stereocenters. The molecule has 2 rings (SSSR count). The van der Waals surface area contributed by atoms with Gasteiger partial charge in [-0.1, -0.05) is 27.7 Å². The fourth-order valence-corrected chi connectivity index (χ4v) is 3.31. The van der Waals surface area contributed by atoms with Gasteiger partial charge in [0, 0.05) is 25.2 Å². The van der Waals surface area contributed by atoms with Crippen molar-refractivity contribution in [2.45, 2.75) is 71.6 Å². The lowest BCUT2D eigenvalue weighted by Gasteiger charge is -2.39. The van der Waals surface area contributed by atoms with Crippen LogP contribution >= 0.6 is 0 Å². The van der Waals surface area contributed by atoms with Crippen molar-refractivity contribution in [3.05, 3.63) is 0 Å². The second kappa shape index (κ2) is 7.24. The van der Waals surface area contributed by atoms with E-state index in [4.69, 9.17) is 0 Å². The molecule has 0 bridgehead atoms. The van der Waals surface area contributed by atoms with E-state index in [2.05, 4.69) is 37.9 Å². The minimum atomic E-state index is -0.134. The molecule has 1 saturated carbocycles. The first-order valence-electron chi connectivity index (χ1n) is 8.61. The summed E-state index contributed by atoms with van der Waals surface area (Å²) < 4.78 is 0. The first-order chi connectivity index (χ1) is 9.45. The lowest BCUT2D eigenvalue weighted by Crippen LogP contribution is -2.51. The Bertz CT molecular complexity index is 287. The highest BCUT2D eigenvalue weighted by Gasteiger charge is 2.36. The Morgan fingerprint density at radius 2 is 1.85 bits per heavy atom. The highest BCUT2D eigenvalue weighted by molar-refractivity contribution is 4.93. The summed E-state index contributed by atoms with van der Waals surface area (Å²) in [6, 6.07) is 1.47. The van der Waals surface area contributed by atoms with E-state index in [0.29, 0.717) is 23.8 Å². The van der Waals surface area contributed by atoms with Gasteiger partial charge in [0.2, 0.25) is 0 Å². The van der Waals surface area contributed by atoms with Gasteiger partial charge in [-0.05, 0) is 50.0 Å². The van der Waals surface area contributed by atoms with Gasteiger partial charge in [-0.25, -0.2) is 0 Å². The van der Waals surface area contributed by atoms with Gasteiger partial charge in [0.15, 0.2) is 0 Å². The second-order valence-electron chi connectivity index (χ2n) is 7.83. The molecular weight excluding hydrogens is 248 g/mol. The zero-order chi connectivity index (χ0) is 14.7. The van der Waals surface area contributed by atoms with Crippen molar-refractivity contribution in [3.8, 4) is 0 Å². The van der Waals surface area contributed by atoms with Crippen LogP contribution in [0.3, 0.4) is 0 Å². The van der Waals surface area contributed by atoms with Gasteiger partial charge in [-0.3, -0.25) is 4.90 Å². The van der Waals surface area contributed by atoms with Gasteiger partial charge < -0.3 is 10.4 Å². The predicted molar refractivity (Wildman–Crippen MR) is 84.8 cm³/mol. The molecule has 0 amide bonds. The fraction of sp³-hybridized carbons (Fsp3) is 1.00. The topological polar surface area (TPSA) is 35.5 Å². The number of rotatable bonds is 7. The highest BCUT2D eigenvalue weighted by Crippen LogP contribution is 2.33. The lowest BCUT2D eigenvalue weighted by molar-refractivity contribution is 0.0588. The number of likely N-dealkylation sites (tertiary alicyclic amines) is 1. The largest absolute Gasteiger partial charge is 0.393 e. The molecule has 3 nitrogen and oxygen atoms in total. The van der Waals surface area contributed by atoms with Crippen LogP contribution in [0.2, 0.25) is 0 Å². The highest BCUT2D eigenvalue weighted by atomic mass is 16.3. The molecule has 0 spiro atoms. The molecule has 1 saturated heterocycles. The van der Waals surface area contributed by atoms with Crippen LogP contribution in [0.15, 0.2) is 0 Å². The van der Waals surface area contributed by atoms with E-state index in [0.717, 1.165) is 19.0 Å². The third kappa shape index (κ3) is 5.01. The number of hydrogen-bond donors (Lipinski definition) is 2. The van der Waals surface area contributed by atoms with Gasteiger partial charge in [0.25, 0.3) is 0 Å². The summed E-state index contributed by atoms with van der Waals surface area (Å²) in [7, 11) is 0. The second-order valence-corrected chi connectivity index (χ2v) is 7.83. The molecule has 118 valence electrons. The molecule has 0 aromatic rings. The lowest BCUT2D eigenvalue weighted by atomic mass is 9.86. The Morgan fingerprint density at radius 1 is 1.15 bits per heavy atom. The molecule has 2 N–H and O–H groups in total. The number of piperidine rings is 1. The zero-order valence-electron chi connectivity index (χ0n) is 13.8. The standard InChI is InChI=1S/C17H34N2O/c1-12(2)9-18-15-7-14(8-17(20)13(3)4)10-19(11-15)16-5-6-16/h12-18,20H,5-11H2,1-4H3. The van der Waals surface area contributed by atoms with Crippen LogP contribution in [0.25, 0.3) is 0 Å². The summed E-state index contributed by atoms with van der Waals surface area (Å²) in [6.07, 6.45) is 4.84. The fourth-order valence-electron chi connectivity index (χ4n) is 3.31. The Hall–Kier alpha value is -0.120. The Balaban J connectivity index is 1.86. The molecule has 3 heteroatoms. The zero-order valence-corrected chi connectivity index (χ0v) is 13.8. The van der Waals surface area contributed by atoms with Crippen LogP contribution in [0.4, 0.5) is 0 Å². The monoisotopic (exact) mass is 282 g/mol. The van der Waals surface area contributed by atoms with Crippen LogP contribution in [-0.4, -0.2) is 47.8 Å². The summed E-state index contributed by atoms with van der Waals surface area (Å²) in [5.74, 6) is 1.76. The van der Waals surface area contributed by atoms with E-state index in [-0.39, 0.29) is 6.10 Å². The molecule has 0 aromatic heterocycles. The maximum Gasteiger partial charge on any atom is 0.0566 e. The number of hydrogen-bond acceptors (Lipinski definition) is 3. The molecule has 1 aliphatic heterocycles. The summed E-state index contributed by atoms with van der Waals surface area (Å²) in [5.41, 5.74) is 0. The van der Waals surface area contributed by atoms with E-state index < -0.39 is 0 Å². The third-order valence-corrected chi connectivity index (χ3v) is 4.79. The molecule has 1 aliphatic carbocycles. The first kappa shape index (κ1) is 16.3. The van der Waals surface area contributed by atoms with Crippen molar-refractivity contribution in [1.29, 1.82) is 0 Å². The number of aliphatic hydroxyl groups is 1. The van der Waals surface area contributed by atoms with Crippen molar-refractivity contribution in [2.24, 2.45) is 17.8 Å². The van der Waals surface area contributed by atoms with Crippen LogP contribution in [-0.2, 0) is 0 Å².